The minimum Gasteiger partial charge on any atom is -0.467 e. The first kappa shape index (κ1) is 18.0. The number of esters is 1. The van der Waals surface area contributed by atoms with E-state index in [4.69, 9.17) is 9.15 Å². The molecule has 1 amide bonds. The molecule has 5 heteroatoms. The Morgan fingerprint density at radius 3 is 2.50 bits per heavy atom. The number of benzene rings is 1. The molecule has 24 heavy (non-hydrogen) atoms. The van der Waals surface area contributed by atoms with Gasteiger partial charge in [0, 0.05) is 10.9 Å². The van der Waals surface area contributed by atoms with E-state index in [0.29, 0.717) is 6.42 Å². The van der Waals surface area contributed by atoms with Gasteiger partial charge in [0.25, 0.3) is 0 Å². The maximum Gasteiger partial charge on any atom is 0.328 e. The summed E-state index contributed by atoms with van der Waals surface area (Å²) >= 11 is 0. The van der Waals surface area contributed by atoms with Gasteiger partial charge in [-0.1, -0.05) is 13.8 Å². The van der Waals surface area contributed by atoms with Gasteiger partial charge in [0.15, 0.2) is 0 Å². The first-order valence-electron chi connectivity index (χ1n) is 8.16. The van der Waals surface area contributed by atoms with Gasteiger partial charge in [-0.05, 0) is 49.4 Å². The number of furan rings is 1. The normalized spacial score (nSPS) is 12.4. The molecule has 0 aliphatic heterocycles. The van der Waals surface area contributed by atoms with Gasteiger partial charge in [-0.3, -0.25) is 4.79 Å². The van der Waals surface area contributed by atoms with E-state index in [-0.39, 0.29) is 18.2 Å². The van der Waals surface area contributed by atoms with Gasteiger partial charge in [-0.15, -0.1) is 0 Å². The van der Waals surface area contributed by atoms with Gasteiger partial charge in [0.1, 0.15) is 11.6 Å². The molecule has 130 valence electrons. The standard InChI is InChI=1S/C19H25NO4/c1-11(2)6-16(19(22)23-5)20-18(21)9-14-10-24-17-8-13(4)12(3)7-15(14)17/h7-8,10-11,16H,6,9H2,1-5H3,(H,20,21)/t16-/m0/s1. The molecule has 0 aliphatic rings. The van der Waals surface area contributed by atoms with Gasteiger partial charge < -0.3 is 14.5 Å². The van der Waals surface area contributed by atoms with Crippen molar-refractivity contribution in [2.24, 2.45) is 5.92 Å². The maximum absolute atomic E-state index is 12.4. The van der Waals surface area contributed by atoms with E-state index in [1.54, 1.807) is 6.26 Å². The van der Waals surface area contributed by atoms with Crippen molar-refractivity contribution >= 4 is 22.8 Å². The number of hydrogen-bond donors (Lipinski definition) is 1. The topological polar surface area (TPSA) is 68.5 Å². The molecule has 2 aromatic rings. The molecule has 0 bridgehead atoms. The van der Waals surface area contributed by atoms with Crippen LogP contribution in [0.2, 0.25) is 0 Å². The Balaban J connectivity index is 2.14. The number of amides is 1. The fourth-order valence-corrected chi connectivity index (χ4v) is 2.72. The van der Waals surface area contributed by atoms with Crippen molar-refractivity contribution in [1.82, 2.24) is 5.32 Å². The summed E-state index contributed by atoms with van der Waals surface area (Å²) in [4.78, 5) is 24.2. The van der Waals surface area contributed by atoms with Crippen LogP contribution in [0, 0.1) is 19.8 Å². The molecule has 0 saturated heterocycles. The van der Waals surface area contributed by atoms with Crippen molar-refractivity contribution in [2.75, 3.05) is 7.11 Å². The third-order valence-corrected chi connectivity index (χ3v) is 4.15. The molecule has 0 spiro atoms. The Kier molecular flexibility index (Phi) is 5.65. The summed E-state index contributed by atoms with van der Waals surface area (Å²) in [6.07, 6.45) is 2.32. The van der Waals surface area contributed by atoms with E-state index < -0.39 is 12.0 Å². The number of nitrogens with one attached hydrogen (secondary N) is 1. The van der Waals surface area contributed by atoms with E-state index in [1.165, 1.54) is 7.11 Å². The van der Waals surface area contributed by atoms with Crippen molar-refractivity contribution in [3.63, 3.8) is 0 Å². The summed E-state index contributed by atoms with van der Waals surface area (Å²) in [6, 6.07) is 3.38. The third kappa shape index (κ3) is 4.16. The average molecular weight is 331 g/mol. The molecule has 1 atom stereocenters. The van der Waals surface area contributed by atoms with Crippen LogP contribution in [0.25, 0.3) is 11.0 Å². The SMILES string of the molecule is COC(=O)[C@H](CC(C)C)NC(=O)Cc1coc2cc(C)c(C)cc12. The highest BCUT2D eigenvalue weighted by atomic mass is 16.5. The van der Waals surface area contributed by atoms with Gasteiger partial charge in [-0.25, -0.2) is 4.79 Å². The lowest BCUT2D eigenvalue weighted by atomic mass is 10.0. The Labute approximate surface area is 142 Å². The summed E-state index contributed by atoms with van der Waals surface area (Å²) in [5.41, 5.74) is 3.89. The van der Waals surface area contributed by atoms with Crippen LogP contribution >= 0.6 is 0 Å². The Morgan fingerprint density at radius 2 is 1.88 bits per heavy atom. The molecule has 5 nitrogen and oxygen atoms in total. The van der Waals surface area contributed by atoms with Crippen LogP contribution in [0.3, 0.4) is 0 Å². The summed E-state index contributed by atoms with van der Waals surface area (Å²) < 4.78 is 10.3. The average Bonchev–Trinajstić information content (AvgIpc) is 2.87. The zero-order chi connectivity index (χ0) is 17.9. The lowest BCUT2D eigenvalue weighted by molar-refractivity contribution is -0.145. The largest absolute Gasteiger partial charge is 0.467 e. The number of rotatable bonds is 6. The summed E-state index contributed by atoms with van der Waals surface area (Å²) in [7, 11) is 1.33. The molecule has 1 heterocycles. The molecule has 2 rings (SSSR count). The minimum absolute atomic E-state index is 0.168. The van der Waals surface area contributed by atoms with Crippen LogP contribution in [-0.4, -0.2) is 25.0 Å². The van der Waals surface area contributed by atoms with E-state index in [1.807, 2.05) is 39.8 Å². The van der Waals surface area contributed by atoms with Crippen LogP contribution in [0.5, 0.6) is 0 Å². The van der Waals surface area contributed by atoms with Gasteiger partial charge in [-0.2, -0.15) is 0 Å². The number of methoxy groups -OCH3 is 1. The molecule has 0 radical (unpaired) electrons. The second-order valence-electron chi connectivity index (χ2n) is 6.64. The van der Waals surface area contributed by atoms with Crippen molar-refractivity contribution in [3.8, 4) is 0 Å². The molecule has 0 saturated carbocycles. The maximum atomic E-state index is 12.4. The molecule has 0 unspecified atom stereocenters. The highest BCUT2D eigenvalue weighted by Gasteiger charge is 2.23. The van der Waals surface area contributed by atoms with E-state index in [9.17, 15) is 9.59 Å². The Bertz CT molecular complexity index is 745. The second-order valence-corrected chi connectivity index (χ2v) is 6.64. The Hall–Kier alpha value is -2.30. The monoisotopic (exact) mass is 331 g/mol. The Morgan fingerprint density at radius 1 is 1.21 bits per heavy atom. The second kappa shape index (κ2) is 7.51. The molecule has 0 fully saturated rings. The van der Waals surface area contributed by atoms with Crippen LogP contribution in [0.15, 0.2) is 22.8 Å². The van der Waals surface area contributed by atoms with Crippen molar-refractivity contribution in [1.29, 1.82) is 0 Å². The van der Waals surface area contributed by atoms with Gasteiger partial charge in [0.05, 0.1) is 19.8 Å². The lowest BCUT2D eigenvalue weighted by Crippen LogP contribution is -2.43. The number of carbonyl (C=O) groups excluding carboxylic acids is 2. The van der Waals surface area contributed by atoms with Crippen molar-refractivity contribution in [2.45, 2.75) is 46.6 Å². The number of carbonyl (C=O) groups is 2. The zero-order valence-electron chi connectivity index (χ0n) is 14.9. The van der Waals surface area contributed by atoms with Gasteiger partial charge in [0.2, 0.25) is 5.91 Å². The fraction of sp³-hybridized carbons (Fsp3) is 0.474. The molecule has 1 aromatic carbocycles. The van der Waals surface area contributed by atoms with Crippen LogP contribution < -0.4 is 5.32 Å². The summed E-state index contributed by atoms with van der Waals surface area (Å²) in [5, 5.41) is 3.71. The van der Waals surface area contributed by atoms with Gasteiger partial charge >= 0.3 is 5.97 Å². The van der Waals surface area contributed by atoms with Crippen LogP contribution in [0.4, 0.5) is 0 Å². The van der Waals surface area contributed by atoms with Crippen LogP contribution in [-0.2, 0) is 20.7 Å². The molecule has 1 aromatic heterocycles. The number of hydrogen-bond acceptors (Lipinski definition) is 4. The quantitative estimate of drug-likeness (QED) is 0.825. The van der Waals surface area contributed by atoms with Crippen molar-refractivity contribution in [3.05, 3.63) is 35.1 Å². The number of aryl methyl sites for hydroxylation is 2. The van der Waals surface area contributed by atoms with E-state index in [2.05, 4.69) is 5.32 Å². The molecule has 1 N–H and O–H groups in total. The van der Waals surface area contributed by atoms with E-state index >= 15 is 0 Å². The molecule has 0 aliphatic carbocycles. The fourth-order valence-electron chi connectivity index (χ4n) is 2.72. The van der Waals surface area contributed by atoms with E-state index in [0.717, 1.165) is 27.7 Å². The predicted molar refractivity (Wildman–Crippen MR) is 92.8 cm³/mol. The summed E-state index contributed by atoms with van der Waals surface area (Å²) in [6.45, 7) is 8.05. The number of ether oxygens (including phenoxy) is 1. The molecular formula is C19H25NO4. The summed E-state index contributed by atoms with van der Waals surface area (Å²) in [5.74, 6) is -0.359. The first-order chi connectivity index (χ1) is 11.3. The lowest BCUT2D eigenvalue weighted by Gasteiger charge is -2.18. The smallest absolute Gasteiger partial charge is 0.328 e. The minimum atomic E-state index is -0.621. The van der Waals surface area contributed by atoms with Crippen molar-refractivity contribution < 1.29 is 18.7 Å². The number of fused-ring (bicyclic) bond motifs is 1. The highest BCUT2D eigenvalue weighted by Crippen LogP contribution is 2.25. The van der Waals surface area contributed by atoms with Crippen LogP contribution in [0.1, 0.15) is 37.0 Å². The molecular weight excluding hydrogens is 306 g/mol. The zero-order valence-corrected chi connectivity index (χ0v) is 14.9. The third-order valence-electron chi connectivity index (χ3n) is 4.15. The first-order valence-corrected chi connectivity index (χ1v) is 8.16. The predicted octanol–water partition coefficient (Wildman–Crippen LogP) is 3.30. The highest BCUT2D eigenvalue weighted by molar-refractivity contribution is 5.90.